The van der Waals surface area contributed by atoms with E-state index in [1.807, 2.05) is 37.3 Å². The summed E-state index contributed by atoms with van der Waals surface area (Å²) in [6, 6.07) is 9.58. The number of carbonyl (C=O) groups excluding carboxylic acids is 1. The molecule has 1 N–H and O–H groups in total. The maximum absolute atomic E-state index is 11.3. The number of carbonyl (C=O) groups is 1. The number of aryl methyl sites for hydroxylation is 1. The van der Waals surface area contributed by atoms with Crippen LogP contribution < -0.4 is 10.1 Å². The van der Waals surface area contributed by atoms with E-state index < -0.39 is 5.92 Å². The average molecular weight is 232 g/mol. The topological polar surface area (TPSA) is 62.1 Å². The highest BCUT2D eigenvalue weighted by Gasteiger charge is 2.09. The quantitative estimate of drug-likeness (QED) is 0.785. The highest BCUT2D eigenvalue weighted by molar-refractivity contribution is 5.80. The number of rotatable bonds is 5. The van der Waals surface area contributed by atoms with E-state index in [1.165, 1.54) is 0 Å². The van der Waals surface area contributed by atoms with Gasteiger partial charge in [0.05, 0.1) is 12.6 Å². The first kappa shape index (κ1) is 13.0. The van der Waals surface area contributed by atoms with E-state index in [-0.39, 0.29) is 5.91 Å². The first-order chi connectivity index (χ1) is 8.13. The number of nitriles is 1. The summed E-state index contributed by atoms with van der Waals surface area (Å²) in [5.41, 5.74) is 1.13. The van der Waals surface area contributed by atoms with Gasteiger partial charge in [0.25, 0.3) is 0 Å². The maximum atomic E-state index is 11.3. The van der Waals surface area contributed by atoms with Crippen LogP contribution in [0.2, 0.25) is 0 Å². The number of ether oxygens (including phenoxy) is 1. The van der Waals surface area contributed by atoms with Gasteiger partial charge in [-0.05, 0) is 31.5 Å². The Bertz CT molecular complexity index is 424. The Kier molecular flexibility index (Phi) is 5.02. The van der Waals surface area contributed by atoms with Gasteiger partial charge in [0.2, 0.25) is 5.91 Å². The van der Waals surface area contributed by atoms with Crippen LogP contribution in [0.5, 0.6) is 5.75 Å². The van der Waals surface area contributed by atoms with Crippen molar-refractivity contribution in [3.63, 3.8) is 0 Å². The fraction of sp³-hybridized carbons (Fsp3) is 0.385. The van der Waals surface area contributed by atoms with Crippen LogP contribution in [0, 0.1) is 24.2 Å². The molecular formula is C13H16N2O2. The lowest BCUT2D eigenvalue weighted by Gasteiger charge is -2.08. The zero-order valence-corrected chi connectivity index (χ0v) is 10.1. The summed E-state index contributed by atoms with van der Waals surface area (Å²) in [5, 5.41) is 11.2. The van der Waals surface area contributed by atoms with Crippen LogP contribution in [-0.4, -0.2) is 19.1 Å². The third-order valence-electron chi connectivity index (χ3n) is 2.25. The first-order valence-corrected chi connectivity index (χ1v) is 5.50. The van der Waals surface area contributed by atoms with Crippen LogP contribution in [0.1, 0.15) is 12.5 Å². The van der Waals surface area contributed by atoms with Crippen LogP contribution >= 0.6 is 0 Å². The van der Waals surface area contributed by atoms with E-state index in [4.69, 9.17) is 10.00 Å². The minimum Gasteiger partial charge on any atom is -0.492 e. The number of hydrogen-bond acceptors (Lipinski definition) is 3. The molecule has 1 unspecified atom stereocenters. The molecule has 4 nitrogen and oxygen atoms in total. The van der Waals surface area contributed by atoms with Gasteiger partial charge >= 0.3 is 0 Å². The molecule has 0 radical (unpaired) electrons. The van der Waals surface area contributed by atoms with Gasteiger partial charge in [-0.15, -0.1) is 0 Å². The van der Waals surface area contributed by atoms with Crippen LogP contribution in [0.25, 0.3) is 0 Å². The SMILES string of the molecule is Cc1cccc(OCCNC(=O)C(C)C#N)c1. The molecule has 90 valence electrons. The summed E-state index contributed by atoms with van der Waals surface area (Å²) in [4.78, 5) is 11.3. The molecule has 0 spiro atoms. The summed E-state index contributed by atoms with van der Waals surface area (Å²) >= 11 is 0. The van der Waals surface area contributed by atoms with Gasteiger partial charge in [-0.1, -0.05) is 12.1 Å². The normalized spacial score (nSPS) is 11.4. The Hall–Kier alpha value is -2.02. The van der Waals surface area contributed by atoms with Gasteiger partial charge in [-0.3, -0.25) is 4.79 Å². The molecule has 0 fully saturated rings. The molecular weight excluding hydrogens is 216 g/mol. The lowest BCUT2D eigenvalue weighted by atomic mass is 10.2. The predicted molar refractivity (Wildman–Crippen MR) is 64.5 cm³/mol. The van der Waals surface area contributed by atoms with E-state index >= 15 is 0 Å². The largest absolute Gasteiger partial charge is 0.492 e. The molecule has 0 heterocycles. The van der Waals surface area contributed by atoms with Gasteiger partial charge in [0.1, 0.15) is 18.3 Å². The molecule has 0 bridgehead atoms. The fourth-order valence-electron chi connectivity index (χ4n) is 1.26. The number of nitrogens with zero attached hydrogens (tertiary/aromatic N) is 1. The summed E-state index contributed by atoms with van der Waals surface area (Å²) in [6.45, 7) is 4.35. The minimum absolute atomic E-state index is 0.264. The molecule has 0 aliphatic carbocycles. The van der Waals surface area contributed by atoms with E-state index in [0.29, 0.717) is 13.2 Å². The van der Waals surface area contributed by atoms with E-state index in [1.54, 1.807) is 6.92 Å². The van der Waals surface area contributed by atoms with Gasteiger partial charge in [-0.2, -0.15) is 5.26 Å². The molecule has 0 saturated heterocycles. The van der Waals surface area contributed by atoms with Crippen molar-refractivity contribution in [2.75, 3.05) is 13.2 Å². The molecule has 0 saturated carbocycles. The van der Waals surface area contributed by atoms with Gasteiger partial charge in [-0.25, -0.2) is 0 Å². The maximum Gasteiger partial charge on any atom is 0.237 e. The molecule has 1 aromatic carbocycles. The standard InChI is InChI=1S/C13H16N2O2/c1-10-4-3-5-12(8-10)17-7-6-15-13(16)11(2)9-14/h3-5,8,11H,6-7H2,1-2H3,(H,15,16). The Morgan fingerprint density at radius 1 is 1.59 bits per heavy atom. The summed E-state index contributed by atoms with van der Waals surface area (Å²) in [5.74, 6) is -0.0955. The van der Waals surface area contributed by atoms with E-state index in [2.05, 4.69) is 5.32 Å². The molecule has 1 aromatic rings. The Morgan fingerprint density at radius 2 is 2.35 bits per heavy atom. The number of benzene rings is 1. The summed E-state index contributed by atoms with van der Waals surface area (Å²) in [7, 11) is 0. The Balaban J connectivity index is 2.25. The highest BCUT2D eigenvalue weighted by atomic mass is 16.5. The second-order valence-corrected chi connectivity index (χ2v) is 3.81. The third-order valence-corrected chi connectivity index (χ3v) is 2.25. The molecule has 0 aliphatic rings. The summed E-state index contributed by atoms with van der Waals surface area (Å²) < 4.78 is 5.45. The van der Waals surface area contributed by atoms with Crippen LogP contribution in [0.3, 0.4) is 0 Å². The van der Waals surface area contributed by atoms with Crippen LogP contribution in [0.4, 0.5) is 0 Å². The average Bonchev–Trinajstić information content (AvgIpc) is 2.33. The molecule has 0 aromatic heterocycles. The lowest BCUT2D eigenvalue weighted by molar-refractivity contribution is -0.123. The monoisotopic (exact) mass is 232 g/mol. The van der Waals surface area contributed by atoms with Gasteiger partial charge in [0.15, 0.2) is 0 Å². The van der Waals surface area contributed by atoms with Crippen LogP contribution in [-0.2, 0) is 4.79 Å². The molecule has 1 rings (SSSR count). The van der Waals surface area contributed by atoms with Crippen molar-refractivity contribution in [2.24, 2.45) is 5.92 Å². The smallest absolute Gasteiger partial charge is 0.237 e. The van der Waals surface area contributed by atoms with Crippen molar-refractivity contribution in [1.29, 1.82) is 5.26 Å². The Morgan fingerprint density at radius 3 is 3.00 bits per heavy atom. The van der Waals surface area contributed by atoms with Gasteiger partial charge < -0.3 is 10.1 Å². The zero-order valence-electron chi connectivity index (χ0n) is 10.1. The third kappa shape index (κ3) is 4.56. The Labute approximate surface area is 101 Å². The van der Waals surface area contributed by atoms with Crippen molar-refractivity contribution >= 4 is 5.91 Å². The highest BCUT2D eigenvalue weighted by Crippen LogP contribution is 2.11. The lowest BCUT2D eigenvalue weighted by Crippen LogP contribution is -2.31. The summed E-state index contributed by atoms with van der Waals surface area (Å²) in [6.07, 6.45) is 0. The molecule has 17 heavy (non-hydrogen) atoms. The number of nitrogens with one attached hydrogen (secondary N) is 1. The number of hydrogen-bond donors (Lipinski definition) is 1. The minimum atomic E-state index is -0.617. The molecule has 4 heteroatoms. The molecule has 1 amide bonds. The van der Waals surface area contributed by atoms with Crippen molar-refractivity contribution < 1.29 is 9.53 Å². The molecule has 1 atom stereocenters. The van der Waals surface area contributed by atoms with Crippen LogP contribution in [0.15, 0.2) is 24.3 Å². The first-order valence-electron chi connectivity index (χ1n) is 5.50. The fourth-order valence-corrected chi connectivity index (χ4v) is 1.26. The van der Waals surface area contributed by atoms with Crippen molar-refractivity contribution in [1.82, 2.24) is 5.32 Å². The zero-order chi connectivity index (χ0) is 12.7. The van der Waals surface area contributed by atoms with Crippen molar-refractivity contribution in [3.05, 3.63) is 29.8 Å². The van der Waals surface area contributed by atoms with Crippen molar-refractivity contribution in [3.8, 4) is 11.8 Å². The second-order valence-electron chi connectivity index (χ2n) is 3.81. The second kappa shape index (κ2) is 6.54. The van der Waals surface area contributed by atoms with Gasteiger partial charge in [0, 0.05) is 0 Å². The van der Waals surface area contributed by atoms with Crippen molar-refractivity contribution in [2.45, 2.75) is 13.8 Å². The van der Waals surface area contributed by atoms with E-state index in [0.717, 1.165) is 11.3 Å². The molecule has 0 aliphatic heterocycles. The predicted octanol–water partition coefficient (Wildman–Crippen LogP) is 1.65. The van der Waals surface area contributed by atoms with E-state index in [9.17, 15) is 4.79 Å². The number of amides is 1.